The lowest BCUT2D eigenvalue weighted by Crippen LogP contribution is -2.34. The van der Waals surface area contributed by atoms with Crippen LogP contribution in [0.1, 0.15) is 26.2 Å². The number of benzene rings is 2. The number of anilines is 1. The van der Waals surface area contributed by atoms with Crippen LogP contribution in [0.15, 0.2) is 46.9 Å². The molecule has 134 valence electrons. The van der Waals surface area contributed by atoms with E-state index in [1.54, 1.807) is 11.3 Å². The van der Waals surface area contributed by atoms with E-state index >= 15 is 0 Å². The molecule has 0 unspecified atom stereocenters. The number of nitrogens with zero attached hydrogens (tertiary/aromatic N) is 1. The van der Waals surface area contributed by atoms with Crippen molar-refractivity contribution in [1.82, 2.24) is 10.3 Å². The van der Waals surface area contributed by atoms with Gasteiger partial charge in [-0.2, -0.15) is 0 Å². The lowest BCUT2D eigenvalue weighted by molar-refractivity contribution is -0.119. The molecule has 1 heterocycles. The molecule has 0 aliphatic heterocycles. The van der Waals surface area contributed by atoms with E-state index in [4.69, 9.17) is 17.2 Å². The number of carbonyl (C=O) groups excluding carboxylic acids is 1. The Labute approximate surface area is 170 Å². The first-order valence-electron chi connectivity index (χ1n) is 8.33. The van der Waals surface area contributed by atoms with Crippen molar-refractivity contribution < 1.29 is 4.79 Å². The zero-order valence-electron chi connectivity index (χ0n) is 14.2. The predicted octanol–water partition coefficient (Wildman–Crippen LogP) is 5.73. The molecule has 0 fully saturated rings. The monoisotopic (exact) mass is 447 g/mol. The minimum absolute atomic E-state index is 0.0667. The molecule has 0 spiro atoms. The SMILES string of the molecule is CCCCC(=O)NC(=S)Nc1ccc(Br)cc1-c1nc2ccccc2s1. The molecule has 1 amide bonds. The number of halogens is 1. The highest BCUT2D eigenvalue weighted by molar-refractivity contribution is 9.10. The fourth-order valence-corrected chi connectivity index (χ4v) is 4.05. The maximum absolute atomic E-state index is 11.9. The highest BCUT2D eigenvalue weighted by Gasteiger charge is 2.13. The third-order valence-corrected chi connectivity index (χ3v) is 5.53. The summed E-state index contributed by atoms with van der Waals surface area (Å²) in [6.45, 7) is 2.05. The summed E-state index contributed by atoms with van der Waals surface area (Å²) in [5.41, 5.74) is 2.72. The van der Waals surface area contributed by atoms with E-state index in [2.05, 4.69) is 39.6 Å². The number of hydrogen-bond donors (Lipinski definition) is 2. The highest BCUT2D eigenvalue weighted by atomic mass is 79.9. The van der Waals surface area contributed by atoms with Crippen molar-refractivity contribution >= 4 is 66.4 Å². The maximum atomic E-state index is 11.9. The van der Waals surface area contributed by atoms with E-state index in [9.17, 15) is 4.79 Å². The van der Waals surface area contributed by atoms with Crippen LogP contribution in [0.2, 0.25) is 0 Å². The van der Waals surface area contributed by atoms with Gasteiger partial charge < -0.3 is 10.6 Å². The first-order valence-corrected chi connectivity index (χ1v) is 10.3. The molecule has 7 heteroatoms. The second kappa shape index (κ2) is 8.70. The van der Waals surface area contributed by atoms with Crippen LogP contribution >= 0.6 is 39.5 Å². The average molecular weight is 448 g/mol. The lowest BCUT2D eigenvalue weighted by atomic mass is 10.2. The van der Waals surface area contributed by atoms with Crippen LogP contribution in [0.25, 0.3) is 20.8 Å². The average Bonchev–Trinajstić information content (AvgIpc) is 3.05. The molecule has 0 saturated carbocycles. The van der Waals surface area contributed by atoms with Gasteiger partial charge >= 0.3 is 0 Å². The van der Waals surface area contributed by atoms with Gasteiger partial charge in [0.25, 0.3) is 0 Å². The van der Waals surface area contributed by atoms with Gasteiger partial charge in [-0.05, 0) is 49.0 Å². The number of nitrogens with one attached hydrogen (secondary N) is 2. The van der Waals surface area contributed by atoms with E-state index in [0.717, 1.165) is 43.8 Å². The number of rotatable bonds is 5. The summed E-state index contributed by atoms with van der Waals surface area (Å²) in [6.07, 6.45) is 2.30. The Balaban J connectivity index is 1.84. The summed E-state index contributed by atoms with van der Waals surface area (Å²) in [4.78, 5) is 16.6. The fraction of sp³-hybridized carbons (Fsp3) is 0.211. The third kappa shape index (κ3) is 4.66. The topological polar surface area (TPSA) is 54.0 Å². The van der Waals surface area contributed by atoms with Gasteiger partial charge in [0.05, 0.1) is 15.9 Å². The Hall–Kier alpha value is -1.83. The van der Waals surface area contributed by atoms with Crippen molar-refractivity contribution in [2.24, 2.45) is 0 Å². The van der Waals surface area contributed by atoms with Crippen LogP contribution in [0.5, 0.6) is 0 Å². The zero-order chi connectivity index (χ0) is 18.5. The Morgan fingerprint density at radius 3 is 2.85 bits per heavy atom. The van der Waals surface area contributed by atoms with Crippen LogP contribution < -0.4 is 10.6 Å². The maximum Gasteiger partial charge on any atom is 0.226 e. The first-order chi connectivity index (χ1) is 12.6. The molecule has 1 aromatic heterocycles. The van der Waals surface area contributed by atoms with Gasteiger partial charge in [-0.25, -0.2) is 4.98 Å². The van der Waals surface area contributed by atoms with Crippen molar-refractivity contribution in [3.8, 4) is 10.6 Å². The van der Waals surface area contributed by atoms with E-state index in [0.29, 0.717) is 11.5 Å². The minimum Gasteiger partial charge on any atom is -0.332 e. The van der Waals surface area contributed by atoms with Gasteiger partial charge in [0.1, 0.15) is 5.01 Å². The molecule has 0 radical (unpaired) electrons. The van der Waals surface area contributed by atoms with E-state index in [1.165, 1.54) is 0 Å². The van der Waals surface area contributed by atoms with Gasteiger partial charge in [0.2, 0.25) is 5.91 Å². The summed E-state index contributed by atoms with van der Waals surface area (Å²) in [7, 11) is 0. The second-order valence-electron chi connectivity index (χ2n) is 5.78. The number of amides is 1. The molecule has 0 bridgehead atoms. The van der Waals surface area contributed by atoms with Gasteiger partial charge in [0.15, 0.2) is 5.11 Å². The van der Waals surface area contributed by atoms with Crippen molar-refractivity contribution in [1.29, 1.82) is 0 Å². The zero-order valence-corrected chi connectivity index (χ0v) is 17.4. The molecule has 4 nitrogen and oxygen atoms in total. The molecule has 3 aromatic rings. The Bertz CT molecular complexity index is 922. The molecule has 0 aliphatic carbocycles. The summed E-state index contributed by atoms with van der Waals surface area (Å²) >= 11 is 10.4. The molecule has 2 N–H and O–H groups in total. The lowest BCUT2D eigenvalue weighted by Gasteiger charge is -2.13. The van der Waals surface area contributed by atoms with Crippen molar-refractivity contribution in [2.45, 2.75) is 26.2 Å². The smallest absolute Gasteiger partial charge is 0.226 e. The number of thiazole rings is 1. The van der Waals surface area contributed by atoms with Crippen LogP contribution in [-0.4, -0.2) is 16.0 Å². The number of hydrogen-bond acceptors (Lipinski definition) is 4. The number of thiocarbonyl (C=S) groups is 1. The summed E-state index contributed by atoms with van der Waals surface area (Å²) in [5, 5.41) is 7.07. The standard InChI is InChI=1S/C19H18BrN3OS2/c1-2-3-8-17(24)23-19(25)22-14-10-9-12(20)11-13(14)18-21-15-6-4-5-7-16(15)26-18/h4-7,9-11H,2-3,8H2,1H3,(H2,22,23,24,25). The van der Waals surface area contributed by atoms with Crippen molar-refractivity contribution in [2.75, 3.05) is 5.32 Å². The fourth-order valence-electron chi connectivity index (χ4n) is 2.47. The first kappa shape index (κ1) is 18.9. The number of para-hydroxylation sites is 1. The number of carbonyl (C=O) groups is 1. The van der Waals surface area contributed by atoms with Crippen LogP contribution in [-0.2, 0) is 4.79 Å². The minimum atomic E-state index is -0.0667. The number of fused-ring (bicyclic) bond motifs is 1. The van der Waals surface area contributed by atoms with Gasteiger partial charge in [-0.1, -0.05) is 41.4 Å². The number of unbranched alkanes of at least 4 members (excludes halogenated alkanes) is 1. The normalized spacial score (nSPS) is 10.7. The van der Waals surface area contributed by atoms with Gasteiger partial charge in [-0.15, -0.1) is 11.3 Å². The Morgan fingerprint density at radius 1 is 1.27 bits per heavy atom. The molecule has 3 rings (SSSR count). The van der Waals surface area contributed by atoms with Crippen molar-refractivity contribution in [3.63, 3.8) is 0 Å². The van der Waals surface area contributed by atoms with Gasteiger partial charge in [0, 0.05) is 16.5 Å². The quantitative estimate of drug-likeness (QED) is 0.490. The molecule has 2 aromatic carbocycles. The van der Waals surface area contributed by atoms with E-state index in [1.807, 2.05) is 36.4 Å². The van der Waals surface area contributed by atoms with Crippen molar-refractivity contribution in [3.05, 3.63) is 46.9 Å². The summed E-state index contributed by atoms with van der Waals surface area (Å²) < 4.78 is 2.08. The van der Waals surface area contributed by atoms with Crippen LogP contribution in [0.4, 0.5) is 5.69 Å². The third-order valence-electron chi connectivity index (χ3n) is 3.76. The molecule has 0 atom stereocenters. The van der Waals surface area contributed by atoms with E-state index in [-0.39, 0.29) is 5.91 Å². The van der Waals surface area contributed by atoms with Gasteiger partial charge in [-0.3, -0.25) is 4.79 Å². The predicted molar refractivity (Wildman–Crippen MR) is 117 cm³/mol. The second-order valence-corrected chi connectivity index (χ2v) is 8.14. The van der Waals surface area contributed by atoms with E-state index < -0.39 is 0 Å². The van der Waals surface area contributed by atoms with Crippen LogP contribution in [0, 0.1) is 0 Å². The summed E-state index contributed by atoms with van der Waals surface area (Å²) in [6, 6.07) is 13.9. The molecular formula is C19H18BrN3OS2. The largest absolute Gasteiger partial charge is 0.332 e. The molecule has 0 saturated heterocycles. The molecule has 26 heavy (non-hydrogen) atoms. The number of aromatic nitrogens is 1. The molecular weight excluding hydrogens is 430 g/mol. The Morgan fingerprint density at radius 2 is 2.08 bits per heavy atom. The summed E-state index contributed by atoms with van der Waals surface area (Å²) in [5.74, 6) is -0.0667. The highest BCUT2D eigenvalue weighted by Crippen LogP contribution is 2.36. The molecule has 0 aliphatic rings. The Kier molecular flexibility index (Phi) is 6.34. The van der Waals surface area contributed by atoms with Crippen LogP contribution in [0.3, 0.4) is 0 Å².